The Morgan fingerprint density at radius 2 is 0.651 bits per heavy atom. The number of hydrogen-bond acceptors (Lipinski definition) is 6. The van der Waals surface area contributed by atoms with Gasteiger partial charge in [-0.3, -0.25) is 14.4 Å². The molecule has 6 heteroatoms. The molecule has 0 radical (unpaired) electrons. The molecule has 0 aromatic heterocycles. The van der Waals surface area contributed by atoms with Crippen LogP contribution in [0.25, 0.3) is 0 Å². The van der Waals surface area contributed by atoms with E-state index in [1.807, 2.05) is 54.7 Å². The minimum Gasteiger partial charge on any atom is -0.462 e. The van der Waals surface area contributed by atoms with Crippen molar-refractivity contribution < 1.29 is 28.6 Å². The quantitative estimate of drug-likeness (QED) is 0.0199. The van der Waals surface area contributed by atoms with Crippen molar-refractivity contribution in [3.8, 4) is 0 Å². The molecule has 0 aromatic carbocycles. The van der Waals surface area contributed by atoms with E-state index in [4.69, 9.17) is 14.2 Å². The second-order valence-electron chi connectivity index (χ2n) is 16.8. The van der Waals surface area contributed by atoms with Crippen LogP contribution in [-0.2, 0) is 28.6 Å². The smallest absolute Gasteiger partial charge is 0.306 e. The Morgan fingerprint density at radius 3 is 1.11 bits per heavy atom. The highest BCUT2D eigenvalue weighted by atomic mass is 16.6. The topological polar surface area (TPSA) is 78.9 Å². The second kappa shape index (κ2) is 51.0. The maximum Gasteiger partial charge on any atom is 0.306 e. The molecule has 1 unspecified atom stereocenters. The molecule has 0 aromatic rings. The van der Waals surface area contributed by atoms with E-state index in [-0.39, 0.29) is 37.5 Å². The number of unbranched alkanes of at least 4 members (excludes halogenated alkanes) is 23. The minimum atomic E-state index is -0.821. The molecular weight excluding hydrogens is 781 g/mol. The molecular formula is C57H94O6. The van der Waals surface area contributed by atoms with Crippen molar-refractivity contribution in [1.29, 1.82) is 0 Å². The lowest BCUT2D eigenvalue weighted by Crippen LogP contribution is -2.30. The average Bonchev–Trinajstić information content (AvgIpc) is 3.28. The van der Waals surface area contributed by atoms with Gasteiger partial charge in [0.1, 0.15) is 13.2 Å². The highest BCUT2D eigenvalue weighted by Gasteiger charge is 2.19. The van der Waals surface area contributed by atoms with Gasteiger partial charge in [-0.15, -0.1) is 0 Å². The summed E-state index contributed by atoms with van der Waals surface area (Å²) in [6, 6.07) is 0. The number of hydrogen-bond donors (Lipinski definition) is 0. The minimum absolute atomic E-state index is 0.118. The maximum atomic E-state index is 12.8. The van der Waals surface area contributed by atoms with E-state index in [0.29, 0.717) is 19.3 Å². The zero-order valence-electron chi connectivity index (χ0n) is 40.8. The van der Waals surface area contributed by atoms with E-state index < -0.39 is 6.10 Å². The van der Waals surface area contributed by atoms with E-state index >= 15 is 0 Å². The summed E-state index contributed by atoms with van der Waals surface area (Å²) in [6.07, 6.45) is 66.9. The second-order valence-corrected chi connectivity index (χ2v) is 16.8. The van der Waals surface area contributed by atoms with E-state index in [9.17, 15) is 14.4 Å². The van der Waals surface area contributed by atoms with Crippen LogP contribution in [0.2, 0.25) is 0 Å². The van der Waals surface area contributed by atoms with Crippen molar-refractivity contribution in [1.82, 2.24) is 0 Å². The van der Waals surface area contributed by atoms with Crippen molar-refractivity contribution in [2.24, 2.45) is 0 Å². The molecule has 0 N–H and O–H groups in total. The van der Waals surface area contributed by atoms with E-state index in [1.165, 1.54) is 103 Å². The monoisotopic (exact) mass is 875 g/mol. The summed E-state index contributed by atoms with van der Waals surface area (Å²) in [5, 5.41) is 0. The van der Waals surface area contributed by atoms with Crippen molar-refractivity contribution >= 4 is 17.9 Å². The van der Waals surface area contributed by atoms with Gasteiger partial charge in [0.25, 0.3) is 0 Å². The lowest BCUT2D eigenvalue weighted by molar-refractivity contribution is -0.167. The van der Waals surface area contributed by atoms with Crippen molar-refractivity contribution in [2.45, 2.75) is 232 Å². The standard InChI is InChI=1S/C57H94O6/c1-4-7-10-13-16-19-22-25-27-29-32-35-38-41-44-47-50-56(59)62-53-54(52-61-55(58)49-46-43-40-37-34-31-24-21-18-15-12-9-6-3)63-57(60)51-48-45-42-39-36-33-30-28-26-23-20-17-14-11-8-5-2/h9,12,15,18,21,24,27-32,34-35,37,40,54H,4-8,10-11,13-14,16-17,19-20,22-23,25-26,33,36,38-39,41-53H2,1-3H3/b12-9-,18-15-,24-21-,29-27-,30-28-,34-31-,35-32-,40-37-. The number of rotatable bonds is 45. The molecule has 0 aliphatic heterocycles. The largest absolute Gasteiger partial charge is 0.462 e. The Bertz CT molecular complexity index is 1280. The third-order valence-corrected chi connectivity index (χ3v) is 10.7. The summed E-state index contributed by atoms with van der Waals surface area (Å²) < 4.78 is 16.7. The van der Waals surface area contributed by atoms with Gasteiger partial charge in [0, 0.05) is 19.3 Å². The molecule has 0 saturated heterocycles. The summed E-state index contributed by atoms with van der Waals surface area (Å²) in [5.74, 6) is -1.03. The van der Waals surface area contributed by atoms with Crippen LogP contribution in [0.5, 0.6) is 0 Å². The number of ether oxygens (including phenoxy) is 3. The van der Waals surface area contributed by atoms with Gasteiger partial charge in [-0.25, -0.2) is 0 Å². The van der Waals surface area contributed by atoms with Gasteiger partial charge in [0.15, 0.2) is 6.10 Å². The molecule has 0 saturated carbocycles. The van der Waals surface area contributed by atoms with Gasteiger partial charge >= 0.3 is 17.9 Å². The third kappa shape index (κ3) is 49.2. The van der Waals surface area contributed by atoms with Crippen LogP contribution in [0.15, 0.2) is 97.2 Å². The summed E-state index contributed by atoms with van der Waals surface area (Å²) in [4.78, 5) is 37.9. The predicted octanol–water partition coefficient (Wildman–Crippen LogP) is 17.0. The van der Waals surface area contributed by atoms with E-state index in [2.05, 4.69) is 63.3 Å². The van der Waals surface area contributed by atoms with Gasteiger partial charge in [0.05, 0.1) is 0 Å². The molecule has 0 aliphatic carbocycles. The fourth-order valence-corrected chi connectivity index (χ4v) is 6.81. The van der Waals surface area contributed by atoms with Crippen LogP contribution in [0, 0.1) is 0 Å². The average molecular weight is 875 g/mol. The molecule has 358 valence electrons. The lowest BCUT2D eigenvalue weighted by Gasteiger charge is -2.18. The molecule has 0 fully saturated rings. The highest BCUT2D eigenvalue weighted by molar-refractivity contribution is 5.71. The molecule has 0 heterocycles. The Morgan fingerprint density at radius 1 is 0.333 bits per heavy atom. The van der Waals surface area contributed by atoms with Crippen LogP contribution in [0.3, 0.4) is 0 Å². The fourth-order valence-electron chi connectivity index (χ4n) is 6.81. The first-order valence-electron chi connectivity index (χ1n) is 25.8. The fraction of sp³-hybridized carbons (Fsp3) is 0.667. The molecule has 0 rings (SSSR count). The molecule has 0 spiro atoms. The maximum absolute atomic E-state index is 12.8. The number of carbonyl (C=O) groups excluding carboxylic acids is 3. The Kier molecular flexibility index (Phi) is 48.0. The van der Waals surface area contributed by atoms with Crippen molar-refractivity contribution in [3.05, 3.63) is 97.2 Å². The van der Waals surface area contributed by atoms with Crippen LogP contribution in [-0.4, -0.2) is 37.2 Å². The molecule has 0 bridgehead atoms. The highest BCUT2D eigenvalue weighted by Crippen LogP contribution is 2.13. The number of allylic oxidation sites excluding steroid dienone is 16. The van der Waals surface area contributed by atoms with Crippen LogP contribution >= 0.6 is 0 Å². The van der Waals surface area contributed by atoms with Gasteiger partial charge < -0.3 is 14.2 Å². The predicted molar refractivity (Wildman–Crippen MR) is 270 cm³/mol. The van der Waals surface area contributed by atoms with Crippen molar-refractivity contribution in [3.63, 3.8) is 0 Å². The normalized spacial score (nSPS) is 12.9. The molecule has 63 heavy (non-hydrogen) atoms. The van der Waals surface area contributed by atoms with Crippen LogP contribution in [0.4, 0.5) is 0 Å². The number of esters is 3. The molecule has 1 atom stereocenters. The van der Waals surface area contributed by atoms with E-state index in [1.54, 1.807) is 0 Å². The van der Waals surface area contributed by atoms with Gasteiger partial charge in [-0.05, 0) is 83.5 Å². The third-order valence-electron chi connectivity index (χ3n) is 10.7. The summed E-state index contributed by atoms with van der Waals surface area (Å²) in [5.41, 5.74) is 0. The molecule has 0 amide bonds. The lowest BCUT2D eigenvalue weighted by atomic mass is 10.1. The first-order chi connectivity index (χ1) is 31.0. The van der Waals surface area contributed by atoms with Crippen LogP contribution in [0.1, 0.15) is 226 Å². The van der Waals surface area contributed by atoms with Gasteiger partial charge in [-0.2, -0.15) is 0 Å². The Hall–Kier alpha value is -3.67. The van der Waals surface area contributed by atoms with Crippen molar-refractivity contribution in [2.75, 3.05) is 13.2 Å². The van der Waals surface area contributed by atoms with Gasteiger partial charge in [0.2, 0.25) is 0 Å². The van der Waals surface area contributed by atoms with E-state index in [0.717, 1.165) is 77.0 Å². The first-order valence-corrected chi connectivity index (χ1v) is 25.8. The number of carbonyl (C=O) groups is 3. The van der Waals surface area contributed by atoms with Crippen LogP contribution < -0.4 is 0 Å². The molecule has 0 aliphatic rings. The summed E-state index contributed by atoms with van der Waals surface area (Å²) >= 11 is 0. The summed E-state index contributed by atoms with van der Waals surface area (Å²) in [6.45, 7) is 6.38. The SMILES string of the molecule is CC\C=C/C=C\C=C/C=C\C=C/CCCC(=O)OCC(COC(=O)CCCCC/C=C\C=C/CCCCCCCCC)OC(=O)CCCCCCC/C=C\CCCCCCCCC. The molecule has 6 nitrogen and oxygen atoms in total. The van der Waals surface area contributed by atoms with Gasteiger partial charge in [-0.1, -0.05) is 221 Å². The zero-order chi connectivity index (χ0) is 45.8. The first kappa shape index (κ1) is 59.3. The Labute approximate surface area is 387 Å². The summed E-state index contributed by atoms with van der Waals surface area (Å²) in [7, 11) is 0. The zero-order valence-corrected chi connectivity index (χ0v) is 40.8. The Balaban J connectivity index is 4.54.